The maximum absolute atomic E-state index is 6.42. The normalized spacial score (nSPS) is 19.8. The molecule has 0 aliphatic carbocycles. The van der Waals surface area contributed by atoms with Gasteiger partial charge in [-0.2, -0.15) is 5.10 Å². The predicted octanol–water partition coefficient (Wildman–Crippen LogP) is 5.40. The standard InChI is InChI=1S/C23H22N2O3S/c1-3-27-20-11-10-15(13-21(20)26-2)23-25-18(16-7-4-5-8-19(16)28-23)14-17(24-25)22-9-6-12-29-22/h4-13,18,23H,3,14H2,1-2H3. The average molecular weight is 407 g/mol. The number of hydrogen-bond donors (Lipinski definition) is 0. The van der Waals surface area contributed by atoms with Crippen LogP contribution in [0.4, 0.5) is 0 Å². The minimum absolute atomic E-state index is 0.152. The van der Waals surface area contributed by atoms with Crippen LogP contribution in [0.5, 0.6) is 17.2 Å². The molecule has 6 heteroatoms. The zero-order valence-corrected chi connectivity index (χ0v) is 17.2. The Bertz CT molecular complexity index is 1050. The van der Waals surface area contributed by atoms with Crippen molar-refractivity contribution >= 4 is 17.0 Å². The van der Waals surface area contributed by atoms with Gasteiger partial charge in [0.15, 0.2) is 11.5 Å². The highest BCUT2D eigenvalue weighted by atomic mass is 32.1. The van der Waals surface area contributed by atoms with E-state index in [4.69, 9.17) is 19.3 Å². The monoisotopic (exact) mass is 406 g/mol. The molecular formula is C23H22N2O3S. The van der Waals surface area contributed by atoms with Gasteiger partial charge in [0.25, 0.3) is 0 Å². The number of hydrogen-bond acceptors (Lipinski definition) is 6. The third-order valence-corrected chi connectivity index (χ3v) is 6.20. The number of hydrazone groups is 1. The van der Waals surface area contributed by atoms with Crippen LogP contribution in [0.3, 0.4) is 0 Å². The largest absolute Gasteiger partial charge is 0.493 e. The van der Waals surface area contributed by atoms with E-state index in [-0.39, 0.29) is 12.3 Å². The summed E-state index contributed by atoms with van der Waals surface area (Å²) < 4.78 is 17.7. The van der Waals surface area contributed by atoms with E-state index in [2.05, 4.69) is 34.7 Å². The second kappa shape index (κ2) is 7.44. The summed E-state index contributed by atoms with van der Waals surface area (Å²) in [5, 5.41) is 9.17. The molecule has 0 spiro atoms. The lowest BCUT2D eigenvalue weighted by Crippen LogP contribution is -2.33. The highest BCUT2D eigenvalue weighted by Gasteiger charge is 2.41. The first kappa shape index (κ1) is 18.1. The van der Waals surface area contributed by atoms with Crippen molar-refractivity contribution in [3.8, 4) is 17.2 Å². The van der Waals surface area contributed by atoms with E-state index in [0.717, 1.165) is 29.2 Å². The summed E-state index contributed by atoms with van der Waals surface area (Å²) in [5.41, 5.74) is 3.27. The Morgan fingerprint density at radius 1 is 1.14 bits per heavy atom. The maximum Gasteiger partial charge on any atom is 0.214 e. The third kappa shape index (κ3) is 3.13. The van der Waals surface area contributed by atoms with Gasteiger partial charge in [-0.25, -0.2) is 5.01 Å². The van der Waals surface area contributed by atoms with Crippen LogP contribution in [-0.4, -0.2) is 24.4 Å². The number of rotatable bonds is 5. The van der Waals surface area contributed by atoms with Crippen molar-refractivity contribution in [3.05, 3.63) is 76.0 Å². The van der Waals surface area contributed by atoms with Crippen LogP contribution in [0, 0.1) is 0 Å². The summed E-state index contributed by atoms with van der Waals surface area (Å²) in [6.45, 7) is 2.55. The zero-order valence-electron chi connectivity index (χ0n) is 16.4. The molecular weight excluding hydrogens is 384 g/mol. The molecule has 0 N–H and O–H groups in total. The van der Waals surface area contributed by atoms with Gasteiger partial charge in [-0.15, -0.1) is 11.3 Å². The minimum Gasteiger partial charge on any atom is -0.493 e. The van der Waals surface area contributed by atoms with E-state index in [9.17, 15) is 0 Å². The molecule has 2 unspecified atom stereocenters. The van der Waals surface area contributed by atoms with Crippen LogP contribution in [0.15, 0.2) is 65.1 Å². The molecule has 2 aliphatic heterocycles. The molecule has 0 radical (unpaired) electrons. The number of benzene rings is 2. The first-order valence-corrected chi connectivity index (χ1v) is 10.6. The number of methoxy groups -OCH3 is 1. The number of para-hydroxylation sites is 1. The molecule has 0 amide bonds. The lowest BCUT2D eigenvalue weighted by Gasteiger charge is -2.38. The fourth-order valence-electron chi connectivity index (χ4n) is 3.96. The third-order valence-electron chi connectivity index (χ3n) is 5.28. The molecule has 148 valence electrons. The number of thiophene rings is 1. The Hall–Kier alpha value is -2.99. The van der Waals surface area contributed by atoms with E-state index < -0.39 is 0 Å². The fraction of sp³-hybridized carbons (Fsp3) is 0.261. The van der Waals surface area contributed by atoms with Gasteiger partial charge in [-0.05, 0) is 42.6 Å². The SMILES string of the molecule is CCOc1ccc(C2Oc3ccccc3C3CC(c4cccs4)=NN32)cc1OC. The van der Waals surface area contributed by atoms with Crippen molar-refractivity contribution in [2.75, 3.05) is 13.7 Å². The molecule has 0 saturated carbocycles. The van der Waals surface area contributed by atoms with Crippen LogP contribution >= 0.6 is 11.3 Å². The van der Waals surface area contributed by atoms with Gasteiger partial charge in [0.1, 0.15) is 5.75 Å². The Balaban J connectivity index is 1.57. The van der Waals surface area contributed by atoms with Gasteiger partial charge < -0.3 is 14.2 Å². The summed E-state index contributed by atoms with van der Waals surface area (Å²) in [4.78, 5) is 1.21. The van der Waals surface area contributed by atoms with Crippen LogP contribution in [-0.2, 0) is 0 Å². The van der Waals surface area contributed by atoms with Gasteiger partial charge in [0.05, 0.1) is 30.3 Å². The molecule has 0 saturated heterocycles. The Morgan fingerprint density at radius 3 is 2.83 bits per heavy atom. The topological polar surface area (TPSA) is 43.3 Å². The van der Waals surface area contributed by atoms with Crippen molar-refractivity contribution in [2.24, 2.45) is 5.10 Å². The van der Waals surface area contributed by atoms with E-state index >= 15 is 0 Å². The van der Waals surface area contributed by atoms with Crippen molar-refractivity contribution < 1.29 is 14.2 Å². The predicted molar refractivity (Wildman–Crippen MR) is 114 cm³/mol. The Morgan fingerprint density at radius 2 is 2.03 bits per heavy atom. The maximum atomic E-state index is 6.42. The van der Waals surface area contributed by atoms with Gasteiger partial charge in [-0.3, -0.25) is 0 Å². The van der Waals surface area contributed by atoms with Crippen LogP contribution in [0.2, 0.25) is 0 Å². The molecule has 2 atom stereocenters. The number of ether oxygens (including phenoxy) is 3. The molecule has 29 heavy (non-hydrogen) atoms. The Labute approximate surface area is 174 Å². The molecule has 2 aromatic carbocycles. The molecule has 0 bridgehead atoms. The van der Waals surface area contributed by atoms with Crippen molar-refractivity contribution in [2.45, 2.75) is 25.6 Å². The molecule has 5 rings (SSSR count). The second-order valence-electron chi connectivity index (χ2n) is 6.98. The van der Waals surface area contributed by atoms with E-state index in [1.54, 1.807) is 18.4 Å². The second-order valence-corrected chi connectivity index (χ2v) is 7.92. The zero-order chi connectivity index (χ0) is 19.8. The van der Waals surface area contributed by atoms with Crippen LogP contribution in [0.1, 0.15) is 41.6 Å². The Kier molecular flexibility index (Phi) is 4.64. The summed E-state index contributed by atoms with van der Waals surface area (Å²) in [5.74, 6) is 2.34. The first-order valence-electron chi connectivity index (χ1n) is 9.74. The smallest absolute Gasteiger partial charge is 0.214 e. The minimum atomic E-state index is -0.322. The lowest BCUT2D eigenvalue weighted by molar-refractivity contribution is -0.0191. The average Bonchev–Trinajstić information content (AvgIpc) is 3.44. The van der Waals surface area contributed by atoms with Crippen LogP contribution < -0.4 is 14.2 Å². The van der Waals surface area contributed by atoms with Gasteiger partial charge in [0.2, 0.25) is 6.23 Å². The van der Waals surface area contributed by atoms with E-state index in [1.165, 1.54) is 10.4 Å². The van der Waals surface area contributed by atoms with Crippen LogP contribution in [0.25, 0.3) is 0 Å². The highest BCUT2D eigenvalue weighted by Crippen LogP contribution is 2.48. The number of nitrogens with zero attached hydrogens (tertiary/aromatic N) is 2. The first-order chi connectivity index (χ1) is 14.3. The van der Waals surface area contributed by atoms with Crippen molar-refractivity contribution in [3.63, 3.8) is 0 Å². The molecule has 5 nitrogen and oxygen atoms in total. The summed E-state index contributed by atoms with van der Waals surface area (Å²) in [7, 11) is 1.66. The van der Waals surface area contributed by atoms with Gasteiger partial charge >= 0.3 is 0 Å². The fourth-order valence-corrected chi connectivity index (χ4v) is 4.68. The lowest BCUT2D eigenvalue weighted by atomic mass is 9.97. The van der Waals surface area contributed by atoms with Crippen molar-refractivity contribution in [1.29, 1.82) is 0 Å². The summed E-state index contributed by atoms with van der Waals surface area (Å²) in [6, 6.07) is 18.5. The summed E-state index contributed by atoms with van der Waals surface area (Å²) >= 11 is 1.72. The molecule has 2 aliphatic rings. The van der Waals surface area contributed by atoms with Crippen molar-refractivity contribution in [1.82, 2.24) is 5.01 Å². The van der Waals surface area contributed by atoms with E-state index in [1.807, 2.05) is 37.3 Å². The summed E-state index contributed by atoms with van der Waals surface area (Å²) in [6.07, 6.45) is 0.544. The quantitative estimate of drug-likeness (QED) is 0.569. The number of fused-ring (bicyclic) bond motifs is 3. The molecule has 3 aromatic rings. The highest BCUT2D eigenvalue weighted by molar-refractivity contribution is 7.12. The van der Waals surface area contributed by atoms with E-state index in [0.29, 0.717) is 12.4 Å². The molecule has 3 heterocycles. The van der Waals surface area contributed by atoms with Gasteiger partial charge in [-0.1, -0.05) is 24.3 Å². The molecule has 0 fully saturated rings. The molecule has 1 aromatic heterocycles. The van der Waals surface area contributed by atoms with Gasteiger partial charge in [0, 0.05) is 17.5 Å².